The fourth-order valence-electron chi connectivity index (χ4n) is 3.88. The number of benzene rings is 4. The summed E-state index contributed by atoms with van der Waals surface area (Å²) in [5.41, 5.74) is 4.19. The lowest BCUT2D eigenvalue weighted by Gasteiger charge is -2.12. The highest BCUT2D eigenvalue weighted by Gasteiger charge is 2.15. The molecule has 1 aromatic heterocycles. The van der Waals surface area contributed by atoms with E-state index in [0.717, 1.165) is 11.1 Å². The molecule has 0 radical (unpaired) electrons. The Hall–Kier alpha value is -4.62. The van der Waals surface area contributed by atoms with Gasteiger partial charge in [0.05, 0.1) is 11.9 Å². The van der Waals surface area contributed by atoms with Gasteiger partial charge in [-0.25, -0.2) is 0 Å². The van der Waals surface area contributed by atoms with Crippen LogP contribution in [-0.4, -0.2) is 22.1 Å². The van der Waals surface area contributed by atoms with E-state index in [0.29, 0.717) is 32.3 Å². The Kier molecular flexibility index (Phi) is 5.91. The number of carbonyl (C=O) groups is 2. The van der Waals surface area contributed by atoms with Crippen LogP contribution in [0.2, 0.25) is 0 Å². The van der Waals surface area contributed by atoms with Crippen LogP contribution in [0.4, 0.5) is 0 Å². The minimum atomic E-state index is -1.25. The summed E-state index contributed by atoms with van der Waals surface area (Å²) in [6.07, 6.45) is 0. The molecule has 0 aliphatic carbocycles. The SMILES string of the molecule is O=C([O-])c1ccc(-c2nnc(-c3ccc(C(=O)[O-])c(-c4ccccc4)c3)s2)cc1-c1ccccc1. The second-order valence-electron chi connectivity index (χ2n) is 7.74. The molecule has 0 saturated carbocycles. The highest BCUT2D eigenvalue weighted by molar-refractivity contribution is 7.17. The number of carboxylic acids is 2. The first kappa shape index (κ1) is 22.2. The highest BCUT2D eigenvalue weighted by atomic mass is 32.1. The molecule has 0 fully saturated rings. The Labute approximate surface area is 204 Å². The molecular weight excluding hydrogens is 460 g/mol. The number of hydrogen-bond donors (Lipinski definition) is 0. The van der Waals surface area contributed by atoms with Gasteiger partial charge in [-0.05, 0) is 34.4 Å². The van der Waals surface area contributed by atoms with Crippen molar-refractivity contribution in [1.29, 1.82) is 0 Å². The minimum Gasteiger partial charge on any atom is -0.545 e. The molecule has 6 nitrogen and oxygen atoms in total. The molecule has 7 heteroatoms. The largest absolute Gasteiger partial charge is 0.545 e. The summed E-state index contributed by atoms with van der Waals surface area (Å²) in [6.45, 7) is 0. The molecule has 0 bridgehead atoms. The topological polar surface area (TPSA) is 106 Å². The lowest BCUT2D eigenvalue weighted by Crippen LogP contribution is -2.23. The maximum atomic E-state index is 11.7. The van der Waals surface area contributed by atoms with Crippen LogP contribution >= 0.6 is 11.3 Å². The lowest BCUT2D eigenvalue weighted by atomic mass is 9.97. The van der Waals surface area contributed by atoms with Gasteiger partial charge in [-0.3, -0.25) is 0 Å². The number of hydrogen-bond acceptors (Lipinski definition) is 7. The molecule has 5 aromatic rings. The zero-order valence-corrected chi connectivity index (χ0v) is 19.0. The maximum Gasteiger partial charge on any atom is 0.148 e. The van der Waals surface area contributed by atoms with Gasteiger partial charge in [-0.1, -0.05) is 96.3 Å². The van der Waals surface area contributed by atoms with E-state index in [2.05, 4.69) is 10.2 Å². The third-order valence-corrected chi connectivity index (χ3v) is 6.59. The quantitative estimate of drug-likeness (QED) is 0.368. The Balaban J connectivity index is 1.56. The minimum absolute atomic E-state index is 0.0926. The summed E-state index contributed by atoms with van der Waals surface area (Å²) in [5, 5.41) is 33.2. The number of carboxylic acid groups (broad SMARTS) is 2. The molecule has 0 atom stereocenters. The Morgan fingerprint density at radius 1 is 0.543 bits per heavy atom. The van der Waals surface area contributed by atoms with Crippen LogP contribution < -0.4 is 10.2 Å². The summed E-state index contributed by atoms with van der Waals surface area (Å²) >= 11 is 1.33. The van der Waals surface area contributed by atoms with Gasteiger partial charge in [-0.2, -0.15) is 0 Å². The maximum absolute atomic E-state index is 11.7. The van der Waals surface area contributed by atoms with Crippen molar-refractivity contribution in [2.75, 3.05) is 0 Å². The van der Waals surface area contributed by atoms with Gasteiger partial charge in [0.2, 0.25) is 0 Å². The Morgan fingerprint density at radius 3 is 1.31 bits per heavy atom. The summed E-state index contributed by atoms with van der Waals surface area (Å²) in [4.78, 5) is 23.3. The normalized spacial score (nSPS) is 10.7. The standard InChI is InChI=1S/C28H18N2O4S/c31-27(32)21-13-11-19(15-23(21)17-7-3-1-4-8-17)25-29-30-26(35-25)20-12-14-22(28(33)34)24(16-20)18-9-5-2-6-10-18/h1-16H,(H,31,32)(H,33,34)/p-2. The zero-order valence-electron chi connectivity index (χ0n) is 18.2. The fraction of sp³-hybridized carbons (Fsp3) is 0. The number of rotatable bonds is 6. The van der Waals surface area contributed by atoms with Crippen molar-refractivity contribution in [2.24, 2.45) is 0 Å². The molecule has 0 N–H and O–H groups in total. The van der Waals surface area contributed by atoms with E-state index in [1.165, 1.54) is 23.5 Å². The first-order valence-corrected chi connectivity index (χ1v) is 11.5. The smallest absolute Gasteiger partial charge is 0.148 e. The van der Waals surface area contributed by atoms with Gasteiger partial charge < -0.3 is 19.8 Å². The molecule has 0 aliphatic heterocycles. The van der Waals surface area contributed by atoms with Crippen molar-refractivity contribution in [1.82, 2.24) is 10.2 Å². The molecule has 35 heavy (non-hydrogen) atoms. The molecule has 0 saturated heterocycles. The molecule has 0 amide bonds. The second-order valence-corrected chi connectivity index (χ2v) is 8.72. The average Bonchev–Trinajstić information content (AvgIpc) is 3.39. The van der Waals surface area contributed by atoms with Gasteiger partial charge in [-0.15, -0.1) is 10.2 Å². The van der Waals surface area contributed by atoms with Crippen molar-refractivity contribution in [3.05, 3.63) is 108 Å². The van der Waals surface area contributed by atoms with Crippen molar-refractivity contribution in [3.63, 3.8) is 0 Å². The zero-order chi connectivity index (χ0) is 24.4. The molecule has 4 aromatic carbocycles. The predicted molar refractivity (Wildman–Crippen MR) is 130 cm³/mol. The Bertz CT molecular complexity index is 1430. The number of carbonyl (C=O) groups excluding carboxylic acids is 2. The van der Waals surface area contributed by atoms with Crippen LogP contribution in [0.3, 0.4) is 0 Å². The second kappa shape index (κ2) is 9.32. The van der Waals surface area contributed by atoms with E-state index < -0.39 is 11.9 Å². The number of nitrogens with zero attached hydrogens (tertiary/aromatic N) is 2. The molecule has 170 valence electrons. The molecule has 1 heterocycles. The van der Waals surface area contributed by atoms with Crippen LogP contribution in [0.25, 0.3) is 43.4 Å². The van der Waals surface area contributed by atoms with E-state index in [-0.39, 0.29) is 11.1 Å². The van der Waals surface area contributed by atoms with Crippen LogP contribution in [0.15, 0.2) is 97.1 Å². The van der Waals surface area contributed by atoms with E-state index >= 15 is 0 Å². The van der Waals surface area contributed by atoms with E-state index in [4.69, 9.17) is 0 Å². The summed E-state index contributed by atoms with van der Waals surface area (Å²) in [5.74, 6) is -2.51. The number of aromatic nitrogens is 2. The monoisotopic (exact) mass is 476 g/mol. The van der Waals surface area contributed by atoms with Crippen LogP contribution in [0.1, 0.15) is 20.7 Å². The number of aromatic carboxylic acids is 2. The van der Waals surface area contributed by atoms with Crippen LogP contribution in [0, 0.1) is 0 Å². The first-order valence-electron chi connectivity index (χ1n) is 10.7. The van der Waals surface area contributed by atoms with E-state index in [1.54, 1.807) is 24.3 Å². The highest BCUT2D eigenvalue weighted by Crippen LogP contribution is 2.35. The van der Waals surface area contributed by atoms with Gasteiger partial charge >= 0.3 is 0 Å². The predicted octanol–water partition coefficient (Wildman–Crippen LogP) is 3.93. The van der Waals surface area contributed by atoms with Gasteiger partial charge in [0, 0.05) is 22.3 Å². The third kappa shape index (κ3) is 4.45. The van der Waals surface area contributed by atoms with Crippen molar-refractivity contribution in [3.8, 4) is 43.4 Å². The van der Waals surface area contributed by atoms with Crippen molar-refractivity contribution < 1.29 is 19.8 Å². The molecule has 0 unspecified atom stereocenters. The molecule has 0 aliphatic rings. The van der Waals surface area contributed by atoms with Crippen molar-refractivity contribution in [2.45, 2.75) is 0 Å². The van der Waals surface area contributed by atoms with Gasteiger partial charge in [0.15, 0.2) is 0 Å². The molecule has 0 spiro atoms. The van der Waals surface area contributed by atoms with Crippen molar-refractivity contribution >= 4 is 23.3 Å². The van der Waals surface area contributed by atoms with Gasteiger partial charge in [0.25, 0.3) is 0 Å². The van der Waals surface area contributed by atoms with E-state index in [9.17, 15) is 19.8 Å². The fourth-order valence-corrected chi connectivity index (χ4v) is 4.72. The third-order valence-electron chi connectivity index (χ3n) is 5.57. The van der Waals surface area contributed by atoms with E-state index in [1.807, 2.05) is 60.7 Å². The average molecular weight is 477 g/mol. The summed E-state index contributed by atoms with van der Waals surface area (Å²) < 4.78 is 0. The molecule has 5 rings (SSSR count). The van der Waals surface area contributed by atoms with Crippen LogP contribution in [-0.2, 0) is 0 Å². The summed E-state index contributed by atoms with van der Waals surface area (Å²) in [6, 6.07) is 28.3. The lowest BCUT2D eigenvalue weighted by molar-refractivity contribution is -0.256. The van der Waals surface area contributed by atoms with Crippen LogP contribution in [0.5, 0.6) is 0 Å². The molecular formula is C28H16N2O4S-2. The Morgan fingerprint density at radius 2 is 0.943 bits per heavy atom. The summed E-state index contributed by atoms with van der Waals surface area (Å²) in [7, 11) is 0. The first-order chi connectivity index (χ1) is 17.0. The van der Waals surface area contributed by atoms with Gasteiger partial charge in [0.1, 0.15) is 10.0 Å².